The number of allylic oxidation sites excluding steroid dienone is 2. The van der Waals surface area contributed by atoms with E-state index in [1.54, 1.807) is 30.3 Å². The number of nitrogens with one attached hydrogen (secondary N) is 1. The molecule has 0 bridgehead atoms. The molecule has 1 N–H and O–H groups in total. The lowest BCUT2D eigenvalue weighted by atomic mass is 10.1. The first-order valence-corrected chi connectivity index (χ1v) is 10.4. The van der Waals surface area contributed by atoms with Crippen LogP contribution in [-0.4, -0.2) is 39.2 Å². The molecular weight excluding hydrogens is 332 g/mol. The fourth-order valence-corrected chi connectivity index (χ4v) is 3.82. The molecule has 1 aliphatic heterocycles. The topological polar surface area (TPSA) is 49.4 Å². The van der Waals surface area contributed by atoms with E-state index in [0.29, 0.717) is 4.90 Å². The molecule has 0 unspecified atom stereocenters. The van der Waals surface area contributed by atoms with Crippen LogP contribution in [0.4, 0.5) is 0 Å². The van der Waals surface area contributed by atoms with Crippen molar-refractivity contribution in [2.75, 3.05) is 25.9 Å². The summed E-state index contributed by atoms with van der Waals surface area (Å²) in [5, 5.41) is 3.42. The SMILES string of the molecule is C=C(CC)NC1=C(/C=C/CS(=O)(=O)c2ccccc2)CCN(C)CC1. The molecule has 0 radical (unpaired) electrons. The van der Waals surface area contributed by atoms with E-state index in [1.807, 2.05) is 12.1 Å². The van der Waals surface area contributed by atoms with Crippen molar-refractivity contribution < 1.29 is 8.42 Å². The van der Waals surface area contributed by atoms with Gasteiger partial charge in [0.05, 0.1) is 10.6 Å². The zero-order valence-corrected chi connectivity index (χ0v) is 16.0. The summed E-state index contributed by atoms with van der Waals surface area (Å²) in [4.78, 5) is 2.66. The summed E-state index contributed by atoms with van der Waals surface area (Å²) >= 11 is 0. The molecule has 25 heavy (non-hydrogen) atoms. The molecule has 1 aromatic rings. The molecule has 0 aromatic heterocycles. The van der Waals surface area contributed by atoms with E-state index in [2.05, 4.69) is 30.8 Å². The Morgan fingerprint density at radius 3 is 2.60 bits per heavy atom. The van der Waals surface area contributed by atoms with E-state index in [1.165, 1.54) is 5.57 Å². The van der Waals surface area contributed by atoms with Gasteiger partial charge in [-0.1, -0.05) is 43.9 Å². The molecule has 1 heterocycles. The van der Waals surface area contributed by atoms with Crippen molar-refractivity contribution >= 4 is 9.84 Å². The molecule has 5 heteroatoms. The van der Waals surface area contributed by atoms with Crippen molar-refractivity contribution in [1.29, 1.82) is 0 Å². The summed E-state index contributed by atoms with van der Waals surface area (Å²) < 4.78 is 24.8. The summed E-state index contributed by atoms with van der Waals surface area (Å²) in [6, 6.07) is 8.60. The Morgan fingerprint density at radius 2 is 1.92 bits per heavy atom. The van der Waals surface area contributed by atoms with Gasteiger partial charge < -0.3 is 10.2 Å². The van der Waals surface area contributed by atoms with Gasteiger partial charge in [0.1, 0.15) is 0 Å². The molecule has 0 amide bonds. The molecular formula is C20H28N2O2S. The molecule has 4 nitrogen and oxygen atoms in total. The molecule has 2 rings (SSSR count). The Kier molecular flexibility index (Phi) is 7.02. The summed E-state index contributed by atoms with van der Waals surface area (Å²) in [7, 11) is -1.17. The van der Waals surface area contributed by atoms with Gasteiger partial charge in [-0.2, -0.15) is 0 Å². The molecule has 0 saturated heterocycles. The van der Waals surface area contributed by atoms with Crippen LogP contribution >= 0.6 is 0 Å². The van der Waals surface area contributed by atoms with Crippen molar-refractivity contribution in [3.8, 4) is 0 Å². The highest BCUT2D eigenvalue weighted by Gasteiger charge is 2.14. The third-order valence-corrected chi connectivity index (χ3v) is 6.01. The smallest absolute Gasteiger partial charge is 0.181 e. The first kappa shape index (κ1) is 19.5. The van der Waals surface area contributed by atoms with E-state index >= 15 is 0 Å². The lowest BCUT2D eigenvalue weighted by Gasteiger charge is -2.14. The molecule has 0 spiro atoms. The molecule has 1 aliphatic rings. The van der Waals surface area contributed by atoms with Crippen molar-refractivity contribution in [3.05, 3.63) is 66.0 Å². The Morgan fingerprint density at radius 1 is 1.24 bits per heavy atom. The maximum Gasteiger partial charge on any atom is 0.181 e. The van der Waals surface area contributed by atoms with E-state index in [0.717, 1.165) is 43.7 Å². The second-order valence-corrected chi connectivity index (χ2v) is 8.42. The van der Waals surface area contributed by atoms with Crippen LogP contribution < -0.4 is 5.32 Å². The Bertz CT molecular complexity index is 749. The van der Waals surface area contributed by atoms with E-state index < -0.39 is 9.84 Å². The number of hydrogen-bond donors (Lipinski definition) is 1. The molecule has 0 saturated carbocycles. The van der Waals surface area contributed by atoms with Crippen LogP contribution in [0.1, 0.15) is 26.2 Å². The summed E-state index contributed by atoms with van der Waals surface area (Å²) in [6.07, 6.45) is 6.42. The second kappa shape index (κ2) is 9.02. The third kappa shape index (κ3) is 5.87. The predicted octanol–water partition coefficient (Wildman–Crippen LogP) is 3.51. The molecule has 0 atom stereocenters. The third-order valence-electron chi connectivity index (χ3n) is 4.39. The van der Waals surface area contributed by atoms with Crippen LogP contribution in [0.3, 0.4) is 0 Å². The molecule has 136 valence electrons. The fourth-order valence-electron chi connectivity index (χ4n) is 2.71. The highest BCUT2D eigenvalue weighted by atomic mass is 32.2. The Hall–Kier alpha value is -1.85. The van der Waals surface area contributed by atoms with Gasteiger partial charge in [-0.3, -0.25) is 0 Å². The van der Waals surface area contributed by atoms with Crippen LogP contribution in [0.15, 0.2) is 70.9 Å². The lowest BCUT2D eigenvalue weighted by Crippen LogP contribution is -2.20. The maximum atomic E-state index is 12.4. The molecule has 0 aliphatic carbocycles. The van der Waals surface area contributed by atoms with Crippen LogP contribution in [-0.2, 0) is 9.84 Å². The molecule has 0 fully saturated rings. The first-order valence-electron chi connectivity index (χ1n) is 8.72. The highest BCUT2D eigenvalue weighted by molar-refractivity contribution is 7.91. The van der Waals surface area contributed by atoms with Gasteiger partial charge in [-0.05, 0) is 37.6 Å². The first-order chi connectivity index (χ1) is 11.9. The lowest BCUT2D eigenvalue weighted by molar-refractivity contribution is 0.351. The zero-order chi connectivity index (χ0) is 18.3. The van der Waals surface area contributed by atoms with Crippen molar-refractivity contribution in [3.63, 3.8) is 0 Å². The average molecular weight is 361 g/mol. The van der Waals surface area contributed by atoms with Crippen LogP contribution in [0, 0.1) is 0 Å². The summed E-state index contributed by atoms with van der Waals surface area (Å²) in [6.45, 7) is 8.05. The van der Waals surface area contributed by atoms with E-state index in [9.17, 15) is 8.42 Å². The van der Waals surface area contributed by atoms with Gasteiger partial charge in [0.2, 0.25) is 0 Å². The fraction of sp³-hybridized carbons (Fsp3) is 0.400. The summed E-state index contributed by atoms with van der Waals surface area (Å²) in [5.41, 5.74) is 3.31. The number of sulfone groups is 1. The minimum atomic E-state index is -3.28. The average Bonchev–Trinajstić information content (AvgIpc) is 2.78. The van der Waals surface area contributed by atoms with Gasteiger partial charge in [0.15, 0.2) is 9.84 Å². The van der Waals surface area contributed by atoms with Crippen LogP contribution in [0.2, 0.25) is 0 Å². The van der Waals surface area contributed by atoms with Gasteiger partial charge in [-0.25, -0.2) is 8.42 Å². The summed E-state index contributed by atoms with van der Waals surface area (Å²) in [5.74, 6) is 0.0123. The number of nitrogens with zero attached hydrogens (tertiary/aromatic N) is 1. The van der Waals surface area contributed by atoms with Crippen molar-refractivity contribution in [2.24, 2.45) is 0 Å². The van der Waals surface area contributed by atoms with Gasteiger partial charge in [0.25, 0.3) is 0 Å². The number of hydrogen-bond acceptors (Lipinski definition) is 4. The normalized spacial score (nSPS) is 16.9. The maximum absolute atomic E-state index is 12.4. The van der Waals surface area contributed by atoms with E-state index in [4.69, 9.17) is 0 Å². The highest BCUT2D eigenvalue weighted by Crippen LogP contribution is 2.19. The van der Waals surface area contributed by atoms with Crippen LogP contribution in [0.25, 0.3) is 0 Å². The minimum Gasteiger partial charge on any atom is -0.363 e. The largest absolute Gasteiger partial charge is 0.363 e. The van der Waals surface area contributed by atoms with Crippen molar-refractivity contribution in [2.45, 2.75) is 31.1 Å². The Balaban J connectivity index is 2.15. The predicted molar refractivity (Wildman–Crippen MR) is 104 cm³/mol. The number of benzene rings is 1. The second-order valence-electron chi connectivity index (χ2n) is 6.39. The van der Waals surface area contributed by atoms with E-state index in [-0.39, 0.29) is 5.75 Å². The van der Waals surface area contributed by atoms with Gasteiger partial charge in [0, 0.05) is 30.9 Å². The van der Waals surface area contributed by atoms with Crippen LogP contribution in [0.5, 0.6) is 0 Å². The minimum absolute atomic E-state index is 0.0123. The van der Waals surface area contributed by atoms with Gasteiger partial charge in [-0.15, -0.1) is 0 Å². The molecule has 1 aromatic carbocycles. The standard InChI is InChI=1S/C20H28N2O2S/c1-4-17(2)21-20-13-15-22(3)14-12-18(20)9-8-16-25(23,24)19-10-6-5-7-11-19/h5-11,21H,2,4,12-16H2,1,3H3/b9-8+. The van der Waals surface area contributed by atoms with Gasteiger partial charge >= 0.3 is 0 Å². The van der Waals surface area contributed by atoms with Crippen molar-refractivity contribution in [1.82, 2.24) is 10.2 Å². The Labute approximate surface area is 151 Å². The zero-order valence-electron chi connectivity index (χ0n) is 15.2. The monoisotopic (exact) mass is 360 g/mol. The quantitative estimate of drug-likeness (QED) is 0.808. The number of rotatable bonds is 7.